The summed E-state index contributed by atoms with van der Waals surface area (Å²) in [7, 11) is 0. The lowest BCUT2D eigenvalue weighted by Gasteiger charge is -2.23. The Kier molecular flexibility index (Phi) is 3.66. The predicted molar refractivity (Wildman–Crippen MR) is 47.9 cm³/mol. The predicted octanol–water partition coefficient (Wildman–Crippen LogP) is 3.79. The van der Waals surface area contributed by atoms with Gasteiger partial charge in [0.05, 0.1) is 5.92 Å². The second-order valence-electron chi connectivity index (χ2n) is 3.37. The largest absolute Gasteiger partial charge is 0.391 e. The molecule has 0 bridgehead atoms. The first-order valence-electron chi connectivity index (χ1n) is 3.38. The number of hydrogen-bond acceptors (Lipinski definition) is 0. The summed E-state index contributed by atoms with van der Waals surface area (Å²) >= 11 is 2.03. The van der Waals surface area contributed by atoms with E-state index in [0.29, 0.717) is 0 Å². The molecule has 0 nitrogen and oxygen atoms in total. The average Bonchev–Trinajstić information content (AvgIpc) is 1.56. The van der Waals surface area contributed by atoms with Crippen LogP contribution in [-0.2, 0) is 0 Å². The molecule has 0 aromatic heterocycles. The van der Waals surface area contributed by atoms with Crippen molar-refractivity contribution in [3.63, 3.8) is 0 Å². The summed E-state index contributed by atoms with van der Waals surface area (Å²) in [4.78, 5) is 0. The van der Waals surface area contributed by atoms with E-state index in [-0.39, 0.29) is 9.84 Å². The van der Waals surface area contributed by atoms with Crippen molar-refractivity contribution in [2.24, 2.45) is 5.92 Å². The molecule has 0 aliphatic rings. The van der Waals surface area contributed by atoms with Crippen LogP contribution in [0.25, 0.3) is 0 Å². The minimum atomic E-state index is -4.04. The van der Waals surface area contributed by atoms with E-state index in [4.69, 9.17) is 0 Å². The molecule has 68 valence electrons. The average molecular weight is 280 g/mol. The van der Waals surface area contributed by atoms with Crippen LogP contribution in [-0.4, -0.2) is 9.60 Å². The standard InChI is InChI=1S/C7H12F3I/c1-5(7(8,9)10)4-6(2,3)11/h5H,4H2,1-3H3. The summed E-state index contributed by atoms with van der Waals surface area (Å²) in [5.74, 6) is -1.20. The number of alkyl halides is 4. The third kappa shape index (κ3) is 5.75. The summed E-state index contributed by atoms with van der Waals surface area (Å²) in [5.41, 5.74) is 0. The third-order valence-electron chi connectivity index (χ3n) is 1.35. The Balaban J connectivity index is 3.99. The van der Waals surface area contributed by atoms with E-state index < -0.39 is 12.1 Å². The first kappa shape index (κ1) is 11.5. The first-order chi connectivity index (χ1) is 4.63. The second-order valence-corrected chi connectivity index (χ2v) is 6.29. The minimum absolute atomic E-state index is 0.178. The van der Waals surface area contributed by atoms with Gasteiger partial charge in [-0.3, -0.25) is 0 Å². The van der Waals surface area contributed by atoms with Gasteiger partial charge in [0.25, 0.3) is 0 Å². The summed E-state index contributed by atoms with van der Waals surface area (Å²) in [6.07, 6.45) is -3.86. The SMILES string of the molecule is CC(CC(C)(C)I)C(F)(F)F. The van der Waals surface area contributed by atoms with Crippen molar-refractivity contribution in [2.75, 3.05) is 0 Å². The molecule has 0 amide bonds. The molecule has 0 saturated carbocycles. The number of halogens is 4. The van der Waals surface area contributed by atoms with Crippen LogP contribution in [0.4, 0.5) is 13.2 Å². The van der Waals surface area contributed by atoms with Crippen LogP contribution in [0.3, 0.4) is 0 Å². The molecular weight excluding hydrogens is 268 g/mol. The molecule has 0 rings (SSSR count). The fourth-order valence-corrected chi connectivity index (χ4v) is 1.50. The molecule has 0 aliphatic heterocycles. The Morgan fingerprint density at radius 3 is 1.73 bits per heavy atom. The van der Waals surface area contributed by atoms with Crippen LogP contribution in [0.5, 0.6) is 0 Å². The van der Waals surface area contributed by atoms with Gasteiger partial charge in [-0.25, -0.2) is 0 Å². The van der Waals surface area contributed by atoms with Crippen LogP contribution in [0, 0.1) is 5.92 Å². The number of hydrogen-bond donors (Lipinski definition) is 0. The molecule has 0 aliphatic carbocycles. The molecule has 11 heavy (non-hydrogen) atoms. The Morgan fingerprint density at radius 1 is 1.27 bits per heavy atom. The van der Waals surface area contributed by atoms with Crippen molar-refractivity contribution < 1.29 is 13.2 Å². The third-order valence-corrected chi connectivity index (χ3v) is 1.79. The first-order valence-corrected chi connectivity index (χ1v) is 4.46. The smallest absolute Gasteiger partial charge is 0.171 e. The van der Waals surface area contributed by atoms with Crippen molar-refractivity contribution in [1.82, 2.24) is 0 Å². The van der Waals surface area contributed by atoms with Gasteiger partial charge in [0.15, 0.2) is 0 Å². The molecule has 0 saturated heterocycles. The molecule has 0 aromatic rings. The van der Waals surface area contributed by atoms with Gasteiger partial charge < -0.3 is 0 Å². The maximum atomic E-state index is 12.0. The fraction of sp³-hybridized carbons (Fsp3) is 1.00. The van der Waals surface area contributed by atoms with E-state index in [1.165, 1.54) is 6.92 Å². The highest BCUT2D eigenvalue weighted by molar-refractivity contribution is 14.1. The van der Waals surface area contributed by atoms with E-state index in [1.807, 2.05) is 22.6 Å². The van der Waals surface area contributed by atoms with Crippen LogP contribution >= 0.6 is 22.6 Å². The fourth-order valence-electron chi connectivity index (χ4n) is 0.844. The van der Waals surface area contributed by atoms with Crippen LogP contribution < -0.4 is 0 Å². The molecule has 1 unspecified atom stereocenters. The molecule has 0 N–H and O–H groups in total. The van der Waals surface area contributed by atoms with Gasteiger partial charge in [0.1, 0.15) is 0 Å². The number of rotatable bonds is 2. The van der Waals surface area contributed by atoms with Crippen LogP contribution in [0.1, 0.15) is 27.2 Å². The lowest BCUT2D eigenvalue weighted by Crippen LogP contribution is -2.26. The summed E-state index contributed by atoms with van der Waals surface area (Å²) in [6, 6.07) is 0. The highest BCUT2D eigenvalue weighted by Crippen LogP contribution is 2.35. The normalized spacial score (nSPS) is 16.6. The zero-order chi connectivity index (χ0) is 9.28. The van der Waals surface area contributed by atoms with Crippen LogP contribution in [0.2, 0.25) is 0 Å². The van der Waals surface area contributed by atoms with E-state index >= 15 is 0 Å². The zero-order valence-electron chi connectivity index (χ0n) is 6.80. The van der Waals surface area contributed by atoms with Crippen LogP contribution in [0.15, 0.2) is 0 Å². The summed E-state index contributed by atoms with van der Waals surface area (Å²) < 4.78 is 35.7. The molecule has 0 radical (unpaired) electrons. The van der Waals surface area contributed by atoms with Crippen molar-refractivity contribution >= 4 is 22.6 Å². The minimum Gasteiger partial charge on any atom is -0.171 e. The molecule has 0 aromatic carbocycles. The highest BCUT2D eigenvalue weighted by Gasteiger charge is 2.38. The van der Waals surface area contributed by atoms with Crippen molar-refractivity contribution in [1.29, 1.82) is 0 Å². The maximum Gasteiger partial charge on any atom is 0.391 e. The van der Waals surface area contributed by atoms with Gasteiger partial charge in [-0.05, 0) is 6.42 Å². The monoisotopic (exact) mass is 280 g/mol. The Bertz CT molecular complexity index is 123. The van der Waals surface area contributed by atoms with E-state index in [9.17, 15) is 13.2 Å². The second kappa shape index (κ2) is 3.49. The Hall–Kier alpha value is 0.520. The van der Waals surface area contributed by atoms with Gasteiger partial charge in [0.2, 0.25) is 0 Å². The van der Waals surface area contributed by atoms with E-state index in [0.717, 1.165) is 0 Å². The molecular formula is C7H12F3I. The van der Waals surface area contributed by atoms with Gasteiger partial charge in [-0.15, -0.1) is 0 Å². The van der Waals surface area contributed by atoms with Gasteiger partial charge >= 0.3 is 6.18 Å². The molecule has 4 heteroatoms. The van der Waals surface area contributed by atoms with Gasteiger partial charge in [-0.2, -0.15) is 13.2 Å². The summed E-state index contributed by atoms with van der Waals surface area (Å²) in [6.45, 7) is 4.83. The van der Waals surface area contributed by atoms with Crippen molar-refractivity contribution in [2.45, 2.75) is 36.8 Å². The Labute approximate surface area is 78.7 Å². The quantitative estimate of drug-likeness (QED) is 0.533. The van der Waals surface area contributed by atoms with Crippen molar-refractivity contribution in [3.05, 3.63) is 0 Å². The molecule has 1 atom stereocenters. The lowest BCUT2D eigenvalue weighted by atomic mass is 9.98. The lowest BCUT2D eigenvalue weighted by molar-refractivity contribution is -0.172. The molecule has 0 fully saturated rings. The summed E-state index contributed by atoms with van der Waals surface area (Å²) in [5, 5.41) is 0. The van der Waals surface area contributed by atoms with E-state index in [1.54, 1.807) is 13.8 Å². The molecule has 0 spiro atoms. The maximum absolute atomic E-state index is 12.0. The topological polar surface area (TPSA) is 0 Å². The zero-order valence-corrected chi connectivity index (χ0v) is 8.95. The Morgan fingerprint density at radius 2 is 1.64 bits per heavy atom. The van der Waals surface area contributed by atoms with E-state index in [2.05, 4.69) is 0 Å². The van der Waals surface area contributed by atoms with Gasteiger partial charge in [0, 0.05) is 3.42 Å². The highest BCUT2D eigenvalue weighted by atomic mass is 127. The van der Waals surface area contributed by atoms with Gasteiger partial charge in [-0.1, -0.05) is 43.4 Å². The molecule has 0 heterocycles. The van der Waals surface area contributed by atoms with Crippen molar-refractivity contribution in [3.8, 4) is 0 Å².